The fraction of sp³-hybridized carbons (Fsp3) is 0.400. The average Bonchev–Trinajstić information content (AvgIpc) is 3.31. The number of carbonyl (C=O) groups excluding carboxylic acids is 2. The molecule has 4 rings (SSSR count). The van der Waals surface area contributed by atoms with Crippen LogP contribution in [0.2, 0.25) is 0 Å². The molecule has 0 heterocycles. The monoisotopic (exact) mass is 1360 g/mol. The van der Waals surface area contributed by atoms with Crippen LogP contribution < -0.4 is 85.0 Å². The SMILES string of the molecule is CC(=O)[O-].CC(=O)[O-].CO.CO.C[O-].C[O-].Cc1ccc([O-])c(C=NCCC([O-])CCN=Cc2cc(C)ccc2[O-])c1.Cc1ccc([O-])c(C=NCCC([O-])CCN=Cc2cc(C)ccc2[O-])c1.O.O.[Br-].[Br-].[Mn+3].[Mn+3].[Mn+3].[Mn+3]. The molecule has 20 nitrogen and oxygen atoms in total. The van der Waals surface area contributed by atoms with Crippen molar-refractivity contribution in [2.45, 2.75) is 79.4 Å². The van der Waals surface area contributed by atoms with Crippen molar-refractivity contribution in [1.29, 1.82) is 0 Å². The topological polar surface area (TPSA) is 418 Å². The number of aliphatic imine (C=N–C) groups is 4. The summed E-state index contributed by atoms with van der Waals surface area (Å²) in [6.45, 7) is 11.1. The van der Waals surface area contributed by atoms with Gasteiger partial charge < -0.3 is 116 Å². The Hall–Kier alpha value is -3.58. The van der Waals surface area contributed by atoms with Gasteiger partial charge in [-0.2, -0.15) is 14.2 Å². The second-order valence-corrected chi connectivity index (χ2v) is 13.7. The van der Waals surface area contributed by atoms with Crippen LogP contribution in [0.1, 0.15) is 84.0 Å². The van der Waals surface area contributed by atoms with Crippen molar-refractivity contribution in [3.63, 3.8) is 0 Å². The molecule has 0 atom stereocenters. The zero-order valence-corrected chi connectivity index (χ0v) is 51.8. The number of carboxylic acids is 2. The first-order valence-corrected chi connectivity index (χ1v) is 20.9. The number of carboxylic acid groups (broad SMARTS) is 2. The van der Waals surface area contributed by atoms with Gasteiger partial charge in [-0.25, -0.2) is 0 Å². The standard InChI is InChI=1S/2C21H25N2O3.2C2H4O2.2CH4O.2CH3O.2BrH.4Mn.2H2O/c2*1-15-3-5-20(25)17(11-15)13-22-9-7-19(24)8-10-23-14-18-12-16(2)4-6-21(18)26;2*1-2(3)4;4*1-2;;;;;;;;/h2*3-6,11-14,19,25-26H,7-10H2,1-2H3;2*1H3,(H,3,4);2*2H,1H3;2*1H3;2*1H;;;;;2*1H2/q2*-1;;;;;2*-1;;;4*+3;;/p-8. The van der Waals surface area contributed by atoms with Crippen molar-refractivity contribution in [2.75, 3.05) is 54.6 Å². The van der Waals surface area contributed by atoms with Gasteiger partial charge in [0.05, 0.1) is 0 Å². The van der Waals surface area contributed by atoms with Crippen LogP contribution in [0.5, 0.6) is 23.0 Å². The van der Waals surface area contributed by atoms with Gasteiger partial charge in [-0.15, -0.1) is 35.2 Å². The number of aliphatic hydroxyl groups excluding tert-OH is 2. The van der Waals surface area contributed by atoms with Crippen LogP contribution in [0.25, 0.3) is 0 Å². The van der Waals surface area contributed by atoms with Crippen LogP contribution in [0.3, 0.4) is 0 Å². The van der Waals surface area contributed by atoms with Crippen molar-refractivity contribution in [3.05, 3.63) is 117 Å². The molecular weight excluding hydrogens is 1290 g/mol. The summed E-state index contributed by atoms with van der Waals surface area (Å²) in [4.78, 5) is 34.5. The maximum absolute atomic E-state index is 11.9. The van der Waals surface area contributed by atoms with E-state index in [0.29, 0.717) is 74.1 Å². The van der Waals surface area contributed by atoms with E-state index in [-0.39, 0.29) is 136 Å². The summed E-state index contributed by atoms with van der Waals surface area (Å²) in [5.41, 5.74) is 6.18. The molecule has 4 aromatic rings. The summed E-state index contributed by atoms with van der Waals surface area (Å²) < 4.78 is 0. The Kier molecular flexibility index (Phi) is 89.9. The summed E-state index contributed by atoms with van der Waals surface area (Å²) in [5, 5.41) is 119. The normalized spacial score (nSPS) is 9.79. The van der Waals surface area contributed by atoms with Gasteiger partial charge in [0.25, 0.3) is 0 Å². The smallest absolute Gasteiger partial charge is 1.00 e. The summed E-state index contributed by atoms with van der Waals surface area (Å²) >= 11 is 0. The van der Waals surface area contributed by atoms with Crippen molar-refractivity contribution in [1.82, 2.24) is 0 Å². The molecule has 0 aromatic heterocycles. The molecule has 0 unspecified atom stereocenters. The second-order valence-electron chi connectivity index (χ2n) is 13.7. The Morgan fingerprint density at radius 3 is 0.724 bits per heavy atom. The minimum absolute atomic E-state index is 0. The van der Waals surface area contributed by atoms with Crippen molar-refractivity contribution in [3.8, 4) is 23.0 Å². The number of aliphatic hydroxyl groups is 2. The van der Waals surface area contributed by atoms with Crippen LogP contribution in [-0.4, -0.2) is 125 Å². The first kappa shape index (κ1) is 101. The van der Waals surface area contributed by atoms with Gasteiger partial charge in [0.15, 0.2) is 0 Å². The van der Waals surface area contributed by atoms with E-state index < -0.39 is 24.1 Å². The number of aliphatic carboxylic acids is 2. The zero-order valence-electron chi connectivity index (χ0n) is 43.9. The number of rotatable bonds is 16. The molecule has 0 radical (unpaired) electrons. The molecule has 76 heavy (non-hydrogen) atoms. The molecule has 26 heteroatoms. The minimum atomic E-state index is -1.08. The Balaban J connectivity index is -0.0000000779. The van der Waals surface area contributed by atoms with E-state index in [1.807, 2.05) is 27.7 Å². The van der Waals surface area contributed by atoms with Gasteiger partial charge in [0, 0.05) is 77.2 Å². The molecule has 0 saturated heterocycles. The summed E-state index contributed by atoms with van der Waals surface area (Å²) in [5.74, 6) is -2.44. The first-order valence-electron chi connectivity index (χ1n) is 20.9. The van der Waals surface area contributed by atoms with Gasteiger partial charge in [-0.3, -0.25) is 20.0 Å². The molecule has 6 N–H and O–H groups in total. The third kappa shape index (κ3) is 58.1. The molecular formula is C50H70Br2Mn4N4O16. The van der Waals surface area contributed by atoms with Gasteiger partial charge in [-0.1, -0.05) is 95.1 Å². The zero-order chi connectivity index (χ0) is 53.0. The van der Waals surface area contributed by atoms with E-state index in [1.165, 1.54) is 49.1 Å². The van der Waals surface area contributed by atoms with E-state index in [0.717, 1.165) is 64.5 Å². The number of benzene rings is 4. The predicted octanol–water partition coefficient (Wildman–Crippen LogP) is -9.97. The molecule has 0 fully saturated rings. The molecule has 4 aromatic carbocycles. The summed E-state index contributed by atoms with van der Waals surface area (Å²) in [6.07, 6.45) is 6.18. The van der Waals surface area contributed by atoms with E-state index in [2.05, 4.69) is 20.0 Å². The fourth-order valence-corrected chi connectivity index (χ4v) is 4.89. The van der Waals surface area contributed by atoms with E-state index >= 15 is 0 Å². The number of hydrogen-bond acceptors (Lipinski definition) is 18. The fourth-order valence-electron chi connectivity index (χ4n) is 4.89. The van der Waals surface area contributed by atoms with Crippen LogP contribution in [-0.2, 0) is 77.9 Å². The Bertz CT molecular complexity index is 1810. The first-order chi connectivity index (χ1) is 32.4. The number of carbonyl (C=O) groups is 2. The number of halogens is 2. The molecule has 0 aliphatic heterocycles. The molecule has 0 spiro atoms. The van der Waals surface area contributed by atoms with Crippen molar-refractivity contribution in [2.24, 2.45) is 20.0 Å². The number of hydrogen-bond donors (Lipinski definition) is 2. The molecule has 0 saturated carbocycles. The van der Waals surface area contributed by atoms with Crippen LogP contribution in [0.4, 0.5) is 0 Å². The Morgan fingerprint density at radius 2 is 0.579 bits per heavy atom. The minimum Gasteiger partial charge on any atom is -1.00 e. The third-order valence-corrected chi connectivity index (χ3v) is 7.90. The van der Waals surface area contributed by atoms with Gasteiger partial charge in [0.1, 0.15) is 0 Å². The van der Waals surface area contributed by atoms with Gasteiger partial charge in [0.2, 0.25) is 0 Å². The molecule has 428 valence electrons. The third-order valence-electron chi connectivity index (χ3n) is 7.90. The second kappa shape index (κ2) is 67.5. The molecule has 0 bridgehead atoms. The number of aryl methyl sites for hydroxylation is 4. The maximum Gasteiger partial charge on any atom is 3.00 e. The summed E-state index contributed by atoms with van der Waals surface area (Å²) in [6, 6.07) is 20.3. The Morgan fingerprint density at radius 1 is 0.434 bits per heavy atom. The van der Waals surface area contributed by atoms with Crippen LogP contribution in [0.15, 0.2) is 92.8 Å². The van der Waals surface area contributed by atoms with Crippen molar-refractivity contribution < 1.29 is 184 Å². The quantitative estimate of drug-likeness (QED) is 0.0778. The number of nitrogens with zero attached hydrogens (tertiary/aromatic N) is 4. The largest absolute Gasteiger partial charge is 3.00 e. The van der Waals surface area contributed by atoms with E-state index in [1.54, 1.807) is 48.5 Å². The van der Waals surface area contributed by atoms with Gasteiger partial charge in [-0.05, 0) is 89.5 Å². The maximum atomic E-state index is 11.9. The van der Waals surface area contributed by atoms with Crippen LogP contribution >= 0.6 is 0 Å². The van der Waals surface area contributed by atoms with Gasteiger partial charge >= 0.3 is 68.3 Å². The molecule has 0 amide bonds. The van der Waals surface area contributed by atoms with Crippen LogP contribution in [0, 0.1) is 27.7 Å². The molecule has 0 aliphatic carbocycles. The predicted molar refractivity (Wildman–Crippen MR) is 255 cm³/mol. The Labute approximate surface area is 511 Å². The average molecular weight is 1360 g/mol. The van der Waals surface area contributed by atoms with E-state index in [4.69, 9.17) is 40.2 Å². The summed E-state index contributed by atoms with van der Waals surface area (Å²) in [7, 11) is 3.50. The molecule has 0 aliphatic rings. The van der Waals surface area contributed by atoms with Crippen molar-refractivity contribution >= 4 is 36.8 Å². The van der Waals surface area contributed by atoms with E-state index in [9.17, 15) is 30.6 Å².